The van der Waals surface area contributed by atoms with Crippen LogP contribution in [0, 0.1) is 29.1 Å². The summed E-state index contributed by atoms with van der Waals surface area (Å²) in [6, 6.07) is 0. The molecule has 4 aliphatic rings. The van der Waals surface area contributed by atoms with Crippen LogP contribution in [0.5, 0.6) is 0 Å². The maximum absolute atomic E-state index is 12.0. The third-order valence-corrected chi connectivity index (χ3v) is 6.44. The number of hydrogen-bond donors (Lipinski definition) is 1. The Kier molecular flexibility index (Phi) is 4.65. The molecular weight excluding hydrogens is 286 g/mol. The van der Waals surface area contributed by atoms with Crippen LogP contribution in [-0.4, -0.2) is 19.2 Å². The normalized spacial score (nSPS) is 38.2. The Labute approximate surface area is 139 Å². The van der Waals surface area contributed by atoms with Crippen LogP contribution in [-0.2, 0) is 4.74 Å². The molecule has 1 amide bonds. The molecule has 0 aromatic carbocycles. The lowest BCUT2D eigenvalue weighted by Crippen LogP contribution is -2.54. The van der Waals surface area contributed by atoms with Gasteiger partial charge in [-0.05, 0) is 66.8 Å². The van der Waals surface area contributed by atoms with Gasteiger partial charge < -0.3 is 10.1 Å². The van der Waals surface area contributed by atoms with Crippen LogP contribution < -0.4 is 5.32 Å². The molecule has 0 radical (unpaired) electrons. The topological polar surface area (TPSA) is 38.3 Å². The van der Waals surface area contributed by atoms with Gasteiger partial charge in [0.15, 0.2) is 0 Å². The molecule has 126 valence electrons. The number of allylic oxidation sites excluding steroid dienone is 2. The fourth-order valence-corrected chi connectivity index (χ4v) is 5.45. The van der Waals surface area contributed by atoms with Crippen molar-refractivity contribution in [2.24, 2.45) is 29.1 Å². The Hall–Kier alpha value is -1.51. The molecule has 4 rings (SSSR count). The zero-order chi connectivity index (χ0) is 16.4. The third-order valence-electron chi connectivity index (χ3n) is 6.44. The van der Waals surface area contributed by atoms with Crippen molar-refractivity contribution in [3.63, 3.8) is 0 Å². The summed E-state index contributed by atoms with van der Waals surface area (Å²) in [7, 11) is 0. The monoisotopic (exact) mass is 315 g/mol. The van der Waals surface area contributed by atoms with E-state index < -0.39 is 0 Å². The van der Waals surface area contributed by atoms with Gasteiger partial charge in [0, 0.05) is 6.54 Å². The van der Waals surface area contributed by atoms with Gasteiger partial charge in [0.05, 0.1) is 0 Å². The SMILES string of the molecule is C=C/C=C(\C=C)COC(=O)NCC12CC3C[C@H](C1)C(C)[C@@H](C3)C2. The van der Waals surface area contributed by atoms with E-state index in [2.05, 4.69) is 25.4 Å². The number of nitrogens with one attached hydrogen (secondary N) is 1. The predicted molar refractivity (Wildman–Crippen MR) is 93.0 cm³/mol. The van der Waals surface area contributed by atoms with E-state index in [1.165, 1.54) is 32.1 Å². The van der Waals surface area contributed by atoms with E-state index in [0.29, 0.717) is 5.41 Å². The first-order chi connectivity index (χ1) is 11.0. The third kappa shape index (κ3) is 3.39. The summed E-state index contributed by atoms with van der Waals surface area (Å²) in [6.07, 6.45) is 11.6. The molecule has 1 N–H and O–H groups in total. The van der Waals surface area contributed by atoms with Crippen LogP contribution in [0.25, 0.3) is 0 Å². The number of amides is 1. The highest BCUT2D eigenvalue weighted by molar-refractivity contribution is 5.67. The second-order valence-electron chi connectivity index (χ2n) is 7.94. The van der Waals surface area contributed by atoms with Crippen molar-refractivity contribution in [3.05, 3.63) is 37.0 Å². The van der Waals surface area contributed by atoms with Crippen LogP contribution in [0.1, 0.15) is 39.0 Å². The number of ether oxygens (including phenoxy) is 1. The molecule has 0 spiro atoms. The van der Waals surface area contributed by atoms with E-state index in [4.69, 9.17) is 4.74 Å². The van der Waals surface area contributed by atoms with Crippen molar-refractivity contribution in [2.75, 3.05) is 13.2 Å². The number of rotatable bonds is 6. The molecule has 4 bridgehead atoms. The van der Waals surface area contributed by atoms with Crippen molar-refractivity contribution in [3.8, 4) is 0 Å². The Balaban J connectivity index is 1.50. The Morgan fingerprint density at radius 1 is 1.26 bits per heavy atom. The van der Waals surface area contributed by atoms with Crippen LogP contribution in [0.4, 0.5) is 4.79 Å². The summed E-state index contributed by atoms with van der Waals surface area (Å²) in [6.45, 7) is 10.8. The van der Waals surface area contributed by atoms with E-state index in [9.17, 15) is 4.79 Å². The molecule has 3 nitrogen and oxygen atoms in total. The highest BCUT2D eigenvalue weighted by atomic mass is 16.5. The van der Waals surface area contributed by atoms with Crippen LogP contribution in [0.15, 0.2) is 37.0 Å². The van der Waals surface area contributed by atoms with E-state index in [0.717, 1.165) is 35.8 Å². The molecule has 3 heteroatoms. The van der Waals surface area contributed by atoms with E-state index in [1.807, 2.05) is 0 Å². The molecular formula is C20H29NO2. The van der Waals surface area contributed by atoms with Gasteiger partial charge >= 0.3 is 6.09 Å². The maximum atomic E-state index is 12.0. The highest BCUT2D eigenvalue weighted by Crippen LogP contribution is 2.61. The van der Waals surface area contributed by atoms with Gasteiger partial charge in [-0.2, -0.15) is 0 Å². The summed E-state index contributed by atoms with van der Waals surface area (Å²) in [5.41, 5.74) is 1.19. The van der Waals surface area contributed by atoms with Gasteiger partial charge in [0.2, 0.25) is 0 Å². The number of alkyl carbamates (subject to hydrolysis) is 1. The van der Waals surface area contributed by atoms with Crippen molar-refractivity contribution in [2.45, 2.75) is 39.0 Å². The lowest BCUT2D eigenvalue weighted by atomic mass is 9.46. The fourth-order valence-electron chi connectivity index (χ4n) is 5.45. The summed E-state index contributed by atoms with van der Waals surface area (Å²) < 4.78 is 5.29. The lowest BCUT2D eigenvalue weighted by molar-refractivity contribution is -0.0871. The average Bonchev–Trinajstić information content (AvgIpc) is 2.53. The van der Waals surface area contributed by atoms with Gasteiger partial charge in [-0.3, -0.25) is 0 Å². The molecule has 0 aromatic rings. The molecule has 0 aromatic heterocycles. The van der Waals surface area contributed by atoms with E-state index in [1.54, 1.807) is 18.2 Å². The van der Waals surface area contributed by atoms with Crippen LogP contribution in [0.2, 0.25) is 0 Å². The van der Waals surface area contributed by atoms with Gasteiger partial charge in [-0.1, -0.05) is 38.3 Å². The second-order valence-corrected chi connectivity index (χ2v) is 7.94. The minimum Gasteiger partial charge on any atom is -0.445 e. The lowest BCUT2D eigenvalue weighted by Gasteiger charge is -2.59. The highest BCUT2D eigenvalue weighted by Gasteiger charge is 2.53. The van der Waals surface area contributed by atoms with Gasteiger partial charge in [0.25, 0.3) is 0 Å². The molecule has 23 heavy (non-hydrogen) atoms. The zero-order valence-electron chi connectivity index (χ0n) is 14.2. The van der Waals surface area contributed by atoms with E-state index in [-0.39, 0.29) is 12.7 Å². The Morgan fingerprint density at radius 3 is 2.57 bits per heavy atom. The number of hydrogen-bond acceptors (Lipinski definition) is 2. The molecule has 0 aliphatic heterocycles. The van der Waals surface area contributed by atoms with Gasteiger partial charge in [0.1, 0.15) is 6.61 Å². The quantitative estimate of drug-likeness (QED) is 0.734. The van der Waals surface area contributed by atoms with Crippen molar-refractivity contribution in [1.29, 1.82) is 0 Å². The predicted octanol–water partition coefficient (Wildman–Crippen LogP) is 4.47. The maximum Gasteiger partial charge on any atom is 0.407 e. The average molecular weight is 315 g/mol. The largest absolute Gasteiger partial charge is 0.445 e. The molecule has 0 saturated heterocycles. The van der Waals surface area contributed by atoms with Crippen molar-refractivity contribution < 1.29 is 9.53 Å². The Morgan fingerprint density at radius 2 is 1.96 bits per heavy atom. The van der Waals surface area contributed by atoms with Crippen molar-refractivity contribution in [1.82, 2.24) is 5.32 Å². The molecule has 4 aliphatic carbocycles. The molecule has 5 atom stereocenters. The summed E-state index contributed by atoms with van der Waals surface area (Å²) in [5, 5.41) is 3.03. The minimum atomic E-state index is -0.314. The van der Waals surface area contributed by atoms with Gasteiger partial charge in [-0.25, -0.2) is 4.79 Å². The summed E-state index contributed by atoms with van der Waals surface area (Å²) in [4.78, 5) is 12.0. The second kappa shape index (κ2) is 6.54. The smallest absolute Gasteiger partial charge is 0.407 e. The summed E-state index contributed by atoms with van der Waals surface area (Å²) >= 11 is 0. The number of carbonyl (C=O) groups is 1. The summed E-state index contributed by atoms with van der Waals surface area (Å²) in [5.74, 6) is 3.53. The first-order valence-corrected chi connectivity index (χ1v) is 8.90. The van der Waals surface area contributed by atoms with Crippen molar-refractivity contribution >= 4 is 6.09 Å². The first-order valence-electron chi connectivity index (χ1n) is 8.90. The molecule has 0 heterocycles. The van der Waals surface area contributed by atoms with Crippen LogP contribution >= 0.6 is 0 Å². The standard InChI is InChI=1S/C20H29NO2/c1-4-6-15(5-2)12-23-19(22)21-13-20-9-16-7-17(10-20)14(3)18(8-16)11-20/h4-6,14,16-18H,1-2,7-13H2,3H3,(H,21,22)/b15-6+/t14?,16?,17-,18+,20?. The Bertz CT molecular complexity index is 506. The molecule has 4 fully saturated rings. The zero-order valence-corrected chi connectivity index (χ0v) is 14.2. The van der Waals surface area contributed by atoms with Crippen LogP contribution in [0.3, 0.4) is 0 Å². The van der Waals surface area contributed by atoms with E-state index >= 15 is 0 Å². The molecule has 4 saturated carbocycles. The molecule has 3 unspecified atom stereocenters. The first kappa shape index (κ1) is 16.4. The van der Waals surface area contributed by atoms with Gasteiger partial charge in [-0.15, -0.1) is 0 Å². The number of carbonyl (C=O) groups excluding carboxylic acids is 1. The fraction of sp³-hybridized carbons (Fsp3) is 0.650. The minimum absolute atomic E-state index is 0.249.